The molecule has 1 aliphatic heterocycles. The molecule has 1 heterocycles. The highest BCUT2D eigenvalue weighted by molar-refractivity contribution is 5.83. The zero-order chi connectivity index (χ0) is 22.5. The summed E-state index contributed by atoms with van der Waals surface area (Å²) in [5.41, 5.74) is 0. The average molecular weight is 436 g/mol. The highest BCUT2D eigenvalue weighted by Gasteiger charge is 2.32. The number of Topliss-reactive ketones (excluding diaryl/α,β-unsaturated/α-hetero) is 1. The maximum absolute atomic E-state index is 12.4. The van der Waals surface area contributed by atoms with Gasteiger partial charge in [-0.25, -0.2) is 0 Å². The number of allylic oxidation sites excluding steroid dienone is 1. The average Bonchev–Trinajstić information content (AvgIpc) is 3.14. The van der Waals surface area contributed by atoms with Crippen molar-refractivity contribution in [3.63, 3.8) is 0 Å². The van der Waals surface area contributed by atoms with Crippen molar-refractivity contribution >= 4 is 11.7 Å². The van der Waals surface area contributed by atoms with Crippen molar-refractivity contribution in [2.75, 3.05) is 13.2 Å². The van der Waals surface area contributed by atoms with Crippen LogP contribution in [0.2, 0.25) is 0 Å². The van der Waals surface area contributed by atoms with Gasteiger partial charge < -0.3 is 15.1 Å². The zero-order valence-corrected chi connectivity index (χ0v) is 19.6. The molecule has 31 heavy (non-hydrogen) atoms. The molecule has 2 rings (SSSR count). The summed E-state index contributed by atoms with van der Waals surface area (Å²) in [7, 11) is 0. The van der Waals surface area contributed by atoms with E-state index in [1.807, 2.05) is 11.0 Å². The standard InChI is InChI=1S/C26H45NO4/c1-2-3-6-12-23(29)17-15-21-16-18-25(30)24(21)13-7-4-5-8-14-26(31)27-19-10-9-11-22(27)20-28/h15,17,21-24,28-29H,2-14,16,18-20H2,1H3/b17-15+/t21-,22-,23-,24+/m0/s1. The number of likely N-dealkylation sites (tertiary alicyclic amines) is 1. The maximum atomic E-state index is 12.4. The lowest BCUT2D eigenvalue weighted by Gasteiger charge is -2.34. The Morgan fingerprint density at radius 1 is 1.13 bits per heavy atom. The molecule has 0 aromatic carbocycles. The van der Waals surface area contributed by atoms with Crippen LogP contribution in [0, 0.1) is 11.8 Å². The molecule has 1 saturated carbocycles. The molecule has 5 nitrogen and oxygen atoms in total. The topological polar surface area (TPSA) is 77.8 Å². The van der Waals surface area contributed by atoms with Crippen LogP contribution in [0.15, 0.2) is 12.2 Å². The summed E-state index contributed by atoms with van der Waals surface area (Å²) in [5.74, 6) is 0.960. The van der Waals surface area contributed by atoms with Gasteiger partial charge in [0.1, 0.15) is 5.78 Å². The fourth-order valence-corrected chi connectivity index (χ4v) is 5.17. The van der Waals surface area contributed by atoms with Gasteiger partial charge in [-0.15, -0.1) is 0 Å². The van der Waals surface area contributed by atoms with E-state index in [4.69, 9.17) is 0 Å². The van der Waals surface area contributed by atoms with E-state index >= 15 is 0 Å². The second kappa shape index (κ2) is 14.8. The lowest BCUT2D eigenvalue weighted by atomic mass is 9.89. The number of unbranched alkanes of at least 4 members (excludes halogenated alkanes) is 5. The highest BCUT2D eigenvalue weighted by Crippen LogP contribution is 2.34. The molecule has 1 saturated heterocycles. The predicted octanol–water partition coefficient (Wildman–Crippen LogP) is 4.79. The fraction of sp³-hybridized carbons (Fsp3) is 0.846. The number of ketones is 1. The van der Waals surface area contributed by atoms with Crippen molar-refractivity contribution in [2.45, 2.75) is 115 Å². The van der Waals surface area contributed by atoms with Gasteiger partial charge in [-0.1, -0.05) is 57.6 Å². The number of piperidine rings is 1. The summed E-state index contributed by atoms with van der Waals surface area (Å²) >= 11 is 0. The minimum absolute atomic E-state index is 0.0183. The number of hydrogen-bond acceptors (Lipinski definition) is 4. The van der Waals surface area contributed by atoms with Gasteiger partial charge in [0.2, 0.25) is 5.91 Å². The molecule has 0 aromatic heterocycles. The number of carbonyl (C=O) groups excluding carboxylic acids is 2. The molecule has 0 spiro atoms. The van der Waals surface area contributed by atoms with Gasteiger partial charge in [-0.2, -0.15) is 0 Å². The minimum Gasteiger partial charge on any atom is -0.394 e. The number of hydrogen-bond donors (Lipinski definition) is 2. The second-order valence-electron chi connectivity index (χ2n) is 9.60. The Balaban J connectivity index is 1.62. The molecule has 0 unspecified atom stereocenters. The van der Waals surface area contributed by atoms with Crippen molar-refractivity contribution in [2.24, 2.45) is 11.8 Å². The van der Waals surface area contributed by atoms with Gasteiger partial charge in [0.15, 0.2) is 0 Å². The van der Waals surface area contributed by atoms with Crippen LogP contribution < -0.4 is 0 Å². The Hall–Kier alpha value is -1.20. The molecular formula is C26H45NO4. The van der Waals surface area contributed by atoms with Gasteiger partial charge in [0, 0.05) is 25.3 Å². The van der Waals surface area contributed by atoms with E-state index in [0.29, 0.717) is 18.6 Å². The molecule has 178 valence electrons. The first-order valence-electron chi connectivity index (χ1n) is 12.9. The first-order valence-corrected chi connectivity index (χ1v) is 12.9. The van der Waals surface area contributed by atoms with Crippen LogP contribution in [-0.4, -0.2) is 52.1 Å². The molecule has 2 fully saturated rings. The number of aliphatic hydroxyl groups excluding tert-OH is 2. The van der Waals surface area contributed by atoms with Gasteiger partial charge >= 0.3 is 0 Å². The van der Waals surface area contributed by atoms with E-state index in [-0.39, 0.29) is 36.5 Å². The summed E-state index contributed by atoms with van der Waals surface area (Å²) in [4.78, 5) is 26.6. The van der Waals surface area contributed by atoms with E-state index < -0.39 is 0 Å². The first-order chi connectivity index (χ1) is 15.1. The zero-order valence-electron chi connectivity index (χ0n) is 19.6. The van der Waals surface area contributed by atoms with Crippen LogP contribution in [0.25, 0.3) is 0 Å². The van der Waals surface area contributed by atoms with Crippen molar-refractivity contribution < 1.29 is 19.8 Å². The summed E-state index contributed by atoms with van der Waals surface area (Å²) in [6.45, 7) is 3.03. The van der Waals surface area contributed by atoms with Crippen molar-refractivity contribution in [3.05, 3.63) is 12.2 Å². The number of carbonyl (C=O) groups is 2. The highest BCUT2D eigenvalue weighted by atomic mass is 16.3. The molecule has 0 bridgehead atoms. The van der Waals surface area contributed by atoms with E-state index in [2.05, 4.69) is 13.0 Å². The molecule has 0 aromatic rings. The quantitative estimate of drug-likeness (QED) is 0.304. The lowest BCUT2D eigenvalue weighted by Crippen LogP contribution is -2.45. The van der Waals surface area contributed by atoms with Gasteiger partial charge in [0.05, 0.1) is 18.8 Å². The third-order valence-corrected chi connectivity index (χ3v) is 7.15. The normalized spacial score (nSPS) is 25.5. The minimum atomic E-state index is -0.384. The summed E-state index contributed by atoms with van der Waals surface area (Å²) in [6.07, 6.45) is 17.9. The van der Waals surface area contributed by atoms with Crippen LogP contribution >= 0.6 is 0 Å². The van der Waals surface area contributed by atoms with E-state index in [9.17, 15) is 19.8 Å². The van der Waals surface area contributed by atoms with Crippen LogP contribution in [0.5, 0.6) is 0 Å². The monoisotopic (exact) mass is 435 g/mol. The fourth-order valence-electron chi connectivity index (χ4n) is 5.17. The second-order valence-corrected chi connectivity index (χ2v) is 9.60. The molecule has 0 radical (unpaired) electrons. The Bertz CT molecular complexity index is 562. The number of nitrogens with zero attached hydrogens (tertiary/aromatic N) is 1. The van der Waals surface area contributed by atoms with E-state index in [1.165, 1.54) is 0 Å². The SMILES string of the molecule is CCCCC[C@H](O)/C=C/[C@H]1CCC(=O)[C@@H]1CCCCCCC(=O)N1CCCC[C@H]1CO. The third-order valence-electron chi connectivity index (χ3n) is 7.15. The molecule has 5 heteroatoms. The number of amides is 1. The summed E-state index contributed by atoms with van der Waals surface area (Å²) in [5, 5.41) is 19.6. The lowest BCUT2D eigenvalue weighted by molar-refractivity contribution is -0.136. The van der Waals surface area contributed by atoms with Crippen molar-refractivity contribution in [1.82, 2.24) is 4.90 Å². The Kier molecular flexibility index (Phi) is 12.4. The Morgan fingerprint density at radius 3 is 2.71 bits per heavy atom. The van der Waals surface area contributed by atoms with Crippen molar-refractivity contribution in [1.29, 1.82) is 0 Å². The number of aliphatic hydroxyl groups is 2. The molecule has 2 N–H and O–H groups in total. The van der Waals surface area contributed by atoms with Crippen LogP contribution in [-0.2, 0) is 9.59 Å². The van der Waals surface area contributed by atoms with Crippen LogP contribution in [0.3, 0.4) is 0 Å². The van der Waals surface area contributed by atoms with E-state index in [1.54, 1.807) is 0 Å². The van der Waals surface area contributed by atoms with E-state index in [0.717, 1.165) is 90.0 Å². The Labute approximate surface area is 189 Å². The summed E-state index contributed by atoms with van der Waals surface area (Å²) < 4.78 is 0. The molecular weight excluding hydrogens is 390 g/mol. The van der Waals surface area contributed by atoms with Gasteiger partial charge in [-0.05, 0) is 50.9 Å². The smallest absolute Gasteiger partial charge is 0.222 e. The molecule has 1 amide bonds. The predicted molar refractivity (Wildman–Crippen MR) is 125 cm³/mol. The van der Waals surface area contributed by atoms with Crippen LogP contribution in [0.1, 0.15) is 103 Å². The van der Waals surface area contributed by atoms with Crippen molar-refractivity contribution in [3.8, 4) is 0 Å². The van der Waals surface area contributed by atoms with Crippen LogP contribution in [0.4, 0.5) is 0 Å². The van der Waals surface area contributed by atoms with Gasteiger partial charge in [0.25, 0.3) is 0 Å². The Morgan fingerprint density at radius 2 is 1.94 bits per heavy atom. The third kappa shape index (κ3) is 9.05. The largest absolute Gasteiger partial charge is 0.394 e. The first kappa shape index (κ1) is 26.1. The maximum Gasteiger partial charge on any atom is 0.222 e. The van der Waals surface area contributed by atoms with Gasteiger partial charge in [-0.3, -0.25) is 9.59 Å². The molecule has 2 aliphatic rings. The summed E-state index contributed by atoms with van der Waals surface area (Å²) in [6, 6.07) is 0.0183. The molecule has 1 aliphatic carbocycles. The number of rotatable bonds is 14. The molecule has 4 atom stereocenters.